The first-order valence-electron chi connectivity index (χ1n) is 7.34. The van der Waals surface area contributed by atoms with E-state index in [9.17, 15) is 4.39 Å². The van der Waals surface area contributed by atoms with Gasteiger partial charge in [0.05, 0.1) is 0 Å². The fourth-order valence-electron chi connectivity index (χ4n) is 3.51. The van der Waals surface area contributed by atoms with Crippen molar-refractivity contribution in [2.75, 3.05) is 0 Å². The van der Waals surface area contributed by atoms with Crippen molar-refractivity contribution in [2.45, 2.75) is 52.0 Å². The summed E-state index contributed by atoms with van der Waals surface area (Å²) in [6.07, 6.45) is 5.69. The first-order chi connectivity index (χ1) is 9.44. The second-order valence-corrected chi connectivity index (χ2v) is 6.96. The molecule has 112 valence electrons. The van der Waals surface area contributed by atoms with Crippen LogP contribution in [-0.2, 0) is 6.42 Å². The van der Waals surface area contributed by atoms with Gasteiger partial charge in [0.15, 0.2) is 0 Å². The topological polar surface area (TPSA) is 38.0 Å². The molecule has 2 rings (SSSR count). The molecule has 0 radical (unpaired) electrons. The Hall–Kier alpha value is -0.640. The van der Waals surface area contributed by atoms with E-state index in [1.807, 2.05) is 0 Å². The molecule has 1 saturated carbocycles. The molecular weight excluding hydrogens is 275 g/mol. The summed E-state index contributed by atoms with van der Waals surface area (Å²) in [4.78, 5) is 0. The van der Waals surface area contributed by atoms with E-state index in [-0.39, 0.29) is 17.3 Å². The minimum atomic E-state index is -0.297. The molecule has 1 fully saturated rings. The van der Waals surface area contributed by atoms with E-state index in [1.165, 1.54) is 37.8 Å². The highest BCUT2D eigenvalue weighted by atomic mass is 35.5. The van der Waals surface area contributed by atoms with E-state index in [4.69, 9.17) is 17.4 Å². The predicted molar refractivity (Wildman–Crippen MR) is 82.0 cm³/mol. The summed E-state index contributed by atoms with van der Waals surface area (Å²) < 4.78 is 13.1. The van der Waals surface area contributed by atoms with Crippen molar-refractivity contribution in [1.82, 2.24) is 5.43 Å². The maximum Gasteiger partial charge on any atom is 0.124 e. The zero-order valence-corrected chi connectivity index (χ0v) is 13.0. The Morgan fingerprint density at radius 1 is 1.45 bits per heavy atom. The van der Waals surface area contributed by atoms with Gasteiger partial charge in [0.25, 0.3) is 0 Å². The van der Waals surface area contributed by atoms with Crippen LogP contribution in [0.15, 0.2) is 18.2 Å². The quantitative estimate of drug-likeness (QED) is 0.649. The van der Waals surface area contributed by atoms with Crippen LogP contribution in [0.2, 0.25) is 5.02 Å². The summed E-state index contributed by atoms with van der Waals surface area (Å²) in [5.74, 6) is 6.00. The molecule has 1 aromatic carbocycles. The van der Waals surface area contributed by atoms with E-state index in [2.05, 4.69) is 19.3 Å². The maximum atomic E-state index is 13.1. The molecule has 1 aromatic rings. The lowest BCUT2D eigenvalue weighted by Gasteiger charge is -2.43. The lowest BCUT2D eigenvalue weighted by molar-refractivity contribution is 0.0982. The van der Waals surface area contributed by atoms with Crippen molar-refractivity contribution in [1.29, 1.82) is 0 Å². The number of rotatable bonds is 4. The van der Waals surface area contributed by atoms with Gasteiger partial charge in [0, 0.05) is 11.1 Å². The van der Waals surface area contributed by atoms with Gasteiger partial charge < -0.3 is 0 Å². The third kappa shape index (κ3) is 3.51. The average Bonchev–Trinajstić information content (AvgIpc) is 2.38. The Kier molecular flexibility index (Phi) is 5.05. The van der Waals surface area contributed by atoms with Crippen LogP contribution in [-0.4, -0.2) is 6.04 Å². The highest BCUT2D eigenvalue weighted by molar-refractivity contribution is 6.31. The molecule has 0 aliphatic heterocycles. The minimum Gasteiger partial charge on any atom is -0.271 e. The summed E-state index contributed by atoms with van der Waals surface area (Å²) in [5.41, 5.74) is 4.20. The Morgan fingerprint density at radius 3 is 2.80 bits per heavy atom. The van der Waals surface area contributed by atoms with E-state index < -0.39 is 0 Å². The number of nitrogens with one attached hydrogen (secondary N) is 1. The van der Waals surface area contributed by atoms with Crippen molar-refractivity contribution in [3.8, 4) is 0 Å². The Bertz CT molecular complexity index is 462. The molecule has 0 heterocycles. The van der Waals surface area contributed by atoms with Gasteiger partial charge in [-0.25, -0.2) is 4.39 Å². The van der Waals surface area contributed by atoms with Gasteiger partial charge in [-0.3, -0.25) is 11.3 Å². The minimum absolute atomic E-state index is 0.174. The SMILES string of the molecule is CC1(C)CCCCC1C(Cc1ccc(F)cc1Cl)NN. The van der Waals surface area contributed by atoms with Crippen LogP contribution in [0, 0.1) is 17.2 Å². The van der Waals surface area contributed by atoms with Crippen LogP contribution >= 0.6 is 11.6 Å². The van der Waals surface area contributed by atoms with Crippen LogP contribution in [0.4, 0.5) is 4.39 Å². The van der Waals surface area contributed by atoms with Crippen LogP contribution in [0.1, 0.15) is 45.1 Å². The summed E-state index contributed by atoms with van der Waals surface area (Å²) in [7, 11) is 0. The van der Waals surface area contributed by atoms with Crippen molar-refractivity contribution >= 4 is 11.6 Å². The molecule has 20 heavy (non-hydrogen) atoms. The molecule has 4 heteroatoms. The van der Waals surface area contributed by atoms with Gasteiger partial charge in [0.2, 0.25) is 0 Å². The van der Waals surface area contributed by atoms with E-state index in [1.54, 1.807) is 6.07 Å². The first kappa shape index (κ1) is 15.7. The molecule has 2 atom stereocenters. The first-order valence-corrected chi connectivity index (χ1v) is 7.72. The lowest BCUT2D eigenvalue weighted by Crippen LogP contribution is -2.48. The number of hydrogen-bond donors (Lipinski definition) is 2. The van der Waals surface area contributed by atoms with Crippen LogP contribution in [0.3, 0.4) is 0 Å². The standard InChI is InChI=1S/C16H24ClFN2/c1-16(2)8-4-3-5-13(16)15(20-19)9-11-6-7-12(18)10-14(11)17/h6-7,10,13,15,20H,3-5,8-9,19H2,1-2H3. The summed E-state index contributed by atoms with van der Waals surface area (Å²) in [6.45, 7) is 4.63. The molecule has 0 saturated heterocycles. The summed E-state index contributed by atoms with van der Waals surface area (Å²) >= 11 is 6.13. The number of hydrazine groups is 1. The highest BCUT2D eigenvalue weighted by Gasteiger charge is 2.37. The largest absolute Gasteiger partial charge is 0.271 e. The zero-order chi connectivity index (χ0) is 14.8. The van der Waals surface area contributed by atoms with Gasteiger partial charge >= 0.3 is 0 Å². The van der Waals surface area contributed by atoms with Crippen LogP contribution in [0.25, 0.3) is 0 Å². The molecule has 1 aliphatic rings. The fourth-order valence-corrected chi connectivity index (χ4v) is 3.75. The monoisotopic (exact) mass is 298 g/mol. The Morgan fingerprint density at radius 2 is 2.20 bits per heavy atom. The van der Waals surface area contributed by atoms with Gasteiger partial charge in [-0.2, -0.15) is 0 Å². The summed E-state index contributed by atoms with van der Waals surface area (Å²) in [6, 6.07) is 4.77. The normalized spacial score (nSPS) is 23.6. The fraction of sp³-hybridized carbons (Fsp3) is 0.625. The molecule has 0 aromatic heterocycles. The van der Waals surface area contributed by atoms with Crippen LogP contribution in [0.5, 0.6) is 0 Å². The summed E-state index contributed by atoms with van der Waals surface area (Å²) in [5, 5.41) is 0.485. The maximum absolute atomic E-state index is 13.1. The van der Waals surface area contributed by atoms with E-state index >= 15 is 0 Å². The molecule has 0 spiro atoms. The smallest absolute Gasteiger partial charge is 0.124 e. The van der Waals surface area contributed by atoms with Gasteiger partial charge in [-0.05, 0) is 48.3 Å². The van der Waals surface area contributed by atoms with Crippen LogP contribution < -0.4 is 11.3 Å². The zero-order valence-electron chi connectivity index (χ0n) is 12.3. The Balaban J connectivity index is 2.15. The molecule has 3 N–H and O–H groups in total. The Labute approximate surface area is 125 Å². The predicted octanol–water partition coefficient (Wildman–Crippen LogP) is 4.07. The number of hydrogen-bond acceptors (Lipinski definition) is 2. The van der Waals surface area contributed by atoms with Gasteiger partial charge in [-0.1, -0.05) is 44.4 Å². The average molecular weight is 299 g/mol. The van der Waals surface area contributed by atoms with Gasteiger partial charge in [-0.15, -0.1) is 0 Å². The molecule has 1 aliphatic carbocycles. The van der Waals surface area contributed by atoms with Crippen molar-refractivity contribution in [3.05, 3.63) is 34.6 Å². The molecule has 0 bridgehead atoms. The lowest BCUT2D eigenvalue weighted by atomic mass is 9.65. The number of benzene rings is 1. The van der Waals surface area contributed by atoms with E-state index in [0.717, 1.165) is 12.0 Å². The third-order valence-electron chi connectivity index (χ3n) is 4.74. The van der Waals surface area contributed by atoms with Gasteiger partial charge in [0.1, 0.15) is 5.82 Å². The molecule has 2 nitrogen and oxygen atoms in total. The van der Waals surface area contributed by atoms with Crippen molar-refractivity contribution < 1.29 is 4.39 Å². The second kappa shape index (κ2) is 6.42. The molecule has 0 amide bonds. The third-order valence-corrected chi connectivity index (χ3v) is 5.10. The van der Waals surface area contributed by atoms with Crippen molar-refractivity contribution in [3.63, 3.8) is 0 Å². The highest BCUT2D eigenvalue weighted by Crippen LogP contribution is 2.43. The number of nitrogens with two attached hydrogens (primary N) is 1. The second-order valence-electron chi connectivity index (χ2n) is 6.55. The van der Waals surface area contributed by atoms with E-state index in [0.29, 0.717) is 10.9 Å². The molecular formula is C16H24ClFN2. The van der Waals surface area contributed by atoms with Crippen molar-refractivity contribution in [2.24, 2.45) is 17.2 Å². The molecule has 2 unspecified atom stereocenters. The number of halogens is 2.